The maximum Gasteiger partial charge on any atom is 0.376 e. The van der Waals surface area contributed by atoms with Gasteiger partial charge in [-0.3, -0.25) is 4.79 Å². The van der Waals surface area contributed by atoms with Gasteiger partial charge in [0.2, 0.25) is 14.9 Å². The zero-order valence-electron chi connectivity index (χ0n) is 11.0. The third-order valence-electron chi connectivity index (χ3n) is 2.67. The fourth-order valence-corrected chi connectivity index (χ4v) is 2.78. The van der Waals surface area contributed by atoms with Crippen LogP contribution >= 0.6 is 0 Å². The van der Waals surface area contributed by atoms with Crippen LogP contribution in [-0.4, -0.2) is 30.4 Å². The van der Waals surface area contributed by atoms with Crippen molar-refractivity contribution in [3.05, 3.63) is 54.3 Å². The van der Waals surface area contributed by atoms with Gasteiger partial charge in [0.1, 0.15) is 12.0 Å². The molecule has 0 spiro atoms. The lowest BCUT2D eigenvalue weighted by molar-refractivity contribution is -0.146. The molecular formula is C14H10O7S. The Morgan fingerprint density at radius 3 is 2.32 bits per heavy atom. The number of hydrogen-bond acceptors (Lipinski definition) is 6. The summed E-state index contributed by atoms with van der Waals surface area (Å²) in [4.78, 5) is 21.4. The number of sulfone groups is 1. The molecule has 0 fully saturated rings. The standard InChI is InChI=1S/C14H10O7S/c15-11(7-12(16)14(17)18)9-6-13(21-8-9)22(19,20)10-4-2-1-3-5-10/h1-8,15H,(H,17,18). The van der Waals surface area contributed by atoms with Gasteiger partial charge in [0.25, 0.3) is 5.78 Å². The Morgan fingerprint density at radius 1 is 1.09 bits per heavy atom. The highest BCUT2D eigenvalue weighted by atomic mass is 32.2. The minimum Gasteiger partial charge on any atom is -0.507 e. The van der Waals surface area contributed by atoms with Gasteiger partial charge in [-0.1, -0.05) is 18.2 Å². The maximum absolute atomic E-state index is 12.2. The Balaban J connectivity index is 2.37. The van der Waals surface area contributed by atoms with Crippen molar-refractivity contribution in [2.75, 3.05) is 0 Å². The highest BCUT2D eigenvalue weighted by molar-refractivity contribution is 7.91. The zero-order chi connectivity index (χ0) is 16.3. The molecule has 0 saturated heterocycles. The number of carboxylic acid groups (broad SMARTS) is 1. The average Bonchev–Trinajstić information content (AvgIpc) is 2.98. The summed E-state index contributed by atoms with van der Waals surface area (Å²) in [5.41, 5.74) is -0.121. The van der Waals surface area contributed by atoms with Gasteiger partial charge in [0.05, 0.1) is 10.5 Å². The number of carboxylic acids is 1. The zero-order valence-corrected chi connectivity index (χ0v) is 11.8. The van der Waals surface area contributed by atoms with Crippen molar-refractivity contribution in [3.8, 4) is 0 Å². The Bertz CT molecular complexity index is 844. The van der Waals surface area contributed by atoms with Crippen molar-refractivity contribution in [2.24, 2.45) is 0 Å². The van der Waals surface area contributed by atoms with Crippen molar-refractivity contribution in [1.29, 1.82) is 0 Å². The first-order chi connectivity index (χ1) is 10.3. The van der Waals surface area contributed by atoms with Crippen LogP contribution < -0.4 is 0 Å². The van der Waals surface area contributed by atoms with Crippen LogP contribution in [0.5, 0.6) is 0 Å². The van der Waals surface area contributed by atoms with Crippen molar-refractivity contribution >= 4 is 27.3 Å². The monoisotopic (exact) mass is 322 g/mol. The van der Waals surface area contributed by atoms with E-state index in [1.807, 2.05) is 0 Å². The van der Waals surface area contributed by atoms with Crippen molar-refractivity contribution in [2.45, 2.75) is 9.99 Å². The third kappa shape index (κ3) is 3.07. The predicted molar refractivity (Wildman–Crippen MR) is 73.9 cm³/mol. The van der Waals surface area contributed by atoms with Gasteiger partial charge in [-0.2, -0.15) is 0 Å². The van der Waals surface area contributed by atoms with Crippen LogP contribution in [0.15, 0.2) is 63.1 Å². The van der Waals surface area contributed by atoms with Crippen LogP contribution in [0.25, 0.3) is 5.76 Å². The molecule has 1 aromatic carbocycles. The average molecular weight is 322 g/mol. The number of ketones is 1. The molecule has 0 bridgehead atoms. The van der Waals surface area contributed by atoms with E-state index in [0.29, 0.717) is 6.08 Å². The molecule has 0 unspecified atom stereocenters. The van der Waals surface area contributed by atoms with Crippen molar-refractivity contribution in [3.63, 3.8) is 0 Å². The smallest absolute Gasteiger partial charge is 0.376 e. The number of rotatable bonds is 5. The lowest BCUT2D eigenvalue weighted by atomic mass is 10.2. The topological polar surface area (TPSA) is 122 Å². The summed E-state index contributed by atoms with van der Waals surface area (Å²) >= 11 is 0. The summed E-state index contributed by atoms with van der Waals surface area (Å²) < 4.78 is 29.4. The van der Waals surface area contributed by atoms with E-state index < -0.39 is 32.4 Å². The van der Waals surface area contributed by atoms with E-state index in [9.17, 15) is 23.1 Å². The molecule has 0 atom stereocenters. The molecule has 0 aliphatic heterocycles. The highest BCUT2D eigenvalue weighted by Crippen LogP contribution is 2.25. The van der Waals surface area contributed by atoms with Gasteiger partial charge < -0.3 is 14.6 Å². The molecule has 0 amide bonds. The Labute approximate surface area is 125 Å². The van der Waals surface area contributed by atoms with E-state index in [-0.39, 0.29) is 10.5 Å². The lowest BCUT2D eigenvalue weighted by Gasteiger charge is -1.99. The Kier molecular flexibility index (Phi) is 4.13. The first kappa shape index (κ1) is 15.5. The molecule has 2 rings (SSSR count). The number of hydrogen-bond donors (Lipinski definition) is 2. The number of benzene rings is 1. The minimum absolute atomic E-state index is 0.000909. The number of aliphatic hydroxyl groups is 1. The van der Waals surface area contributed by atoms with E-state index in [0.717, 1.165) is 12.3 Å². The fourth-order valence-electron chi connectivity index (χ4n) is 1.58. The van der Waals surface area contributed by atoms with Crippen LogP contribution in [0.2, 0.25) is 0 Å². The second-order valence-corrected chi connectivity index (χ2v) is 6.05. The number of aliphatic carboxylic acids is 1. The molecule has 2 aromatic rings. The van der Waals surface area contributed by atoms with Crippen LogP contribution in [0, 0.1) is 0 Å². The fraction of sp³-hybridized carbons (Fsp3) is 0. The summed E-state index contributed by atoms with van der Waals surface area (Å²) in [5.74, 6) is -3.79. The van der Waals surface area contributed by atoms with E-state index in [1.165, 1.54) is 12.1 Å². The molecule has 8 heteroatoms. The first-order valence-corrected chi connectivity index (χ1v) is 7.37. The maximum atomic E-state index is 12.2. The van der Waals surface area contributed by atoms with Crippen LogP contribution in [0.3, 0.4) is 0 Å². The molecule has 1 heterocycles. The Morgan fingerprint density at radius 2 is 1.73 bits per heavy atom. The molecule has 7 nitrogen and oxygen atoms in total. The van der Waals surface area contributed by atoms with E-state index in [1.54, 1.807) is 18.2 Å². The van der Waals surface area contributed by atoms with E-state index in [2.05, 4.69) is 0 Å². The van der Waals surface area contributed by atoms with Crippen LogP contribution in [0.4, 0.5) is 0 Å². The second-order valence-electron chi connectivity index (χ2n) is 4.17. The molecule has 0 radical (unpaired) electrons. The summed E-state index contributed by atoms with van der Waals surface area (Å²) in [6, 6.07) is 8.49. The molecule has 1 aromatic heterocycles. The summed E-state index contributed by atoms with van der Waals surface area (Å²) in [7, 11) is -3.90. The molecular weight excluding hydrogens is 312 g/mol. The third-order valence-corrected chi connectivity index (χ3v) is 4.30. The largest absolute Gasteiger partial charge is 0.507 e. The van der Waals surface area contributed by atoms with Gasteiger partial charge in [-0.15, -0.1) is 0 Å². The quantitative estimate of drug-likeness (QED) is 0.487. The lowest BCUT2D eigenvalue weighted by Crippen LogP contribution is -2.09. The molecule has 22 heavy (non-hydrogen) atoms. The highest BCUT2D eigenvalue weighted by Gasteiger charge is 2.22. The molecule has 114 valence electrons. The molecule has 0 aliphatic carbocycles. The van der Waals surface area contributed by atoms with Gasteiger partial charge in [0, 0.05) is 12.1 Å². The number of carbonyl (C=O) groups excluding carboxylic acids is 1. The molecule has 0 saturated carbocycles. The van der Waals surface area contributed by atoms with Gasteiger partial charge >= 0.3 is 5.97 Å². The second kappa shape index (κ2) is 5.86. The number of aliphatic hydroxyl groups excluding tert-OH is 1. The summed E-state index contributed by atoms with van der Waals surface area (Å²) in [6.45, 7) is 0. The van der Waals surface area contributed by atoms with Gasteiger partial charge in [-0.25, -0.2) is 13.2 Å². The van der Waals surface area contributed by atoms with Crippen LogP contribution in [-0.2, 0) is 19.4 Å². The first-order valence-electron chi connectivity index (χ1n) is 5.89. The predicted octanol–water partition coefficient (Wildman–Crippen LogP) is 1.66. The molecule has 0 aliphatic rings. The normalized spacial score (nSPS) is 12.1. The summed E-state index contributed by atoms with van der Waals surface area (Å²) in [6.07, 6.45) is 1.38. The Hall–Kier alpha value is -2.87. The number of furan rings is 1. The summed E-state index contributed by atoms with van der Waals surface area (Å²) in [5, 5.41) is 17.6. The van der Waals surface area contributed by atoms with Crippen LogP contribution in [0.1, 0.15) is 5.56 Å². The number of carbonyl (C=O) groups is 2. The van der Waals surface area contributed by atoms with Gasteiger partial charge in [0.15, 0.2) is 0 Å². The minimum atomic E-state index is -3.90. The van der Waals surface area contributed by atoms with Crippen molar-refractivity contribution in [1.82, 2.24) is 0 Å². The molecule has 2 N–H and O–H groups in total. The van der Waals surface area contributed by atoms with E-state index in [4.69, 9.17) is 9.52 Å². The SMILES string of the molecule is O=C(O)C(=O)C=C(O)c1coc(S(=O)(=O)c2ccccc2)c1. The van der Waals surface area contributed by atoms with Crippen molar-refractivity contribution < 1.29 is 32.6 Å². The van der Waals surface area contributed by atoms with E-state index >= 15 is 0 Å². The van der Waals surface area contributed by atoms with Gasteiger partial charge in [-0.05, 0) is 12.1 Å².